The quantitative estimate of drug-likeness (QED) is 0.414. The molecular weight excluding hydrogens is 471 g/mol. The van der Waals surface area contributed by atoms with Crippen LogP contribution < -0.4 is 10.1 Å². The van der Waals surface area contributed by atoms with Crippen molar-refractivity contribution in [3.63, 3.8) is 0 Å². The van der Waals surface area contributed by atoms with Crippen molar-refractivity contribution in [3.8, 4) is 5.75 Å². The molecule has 5 nitrogen and oxygen atoms in total. The molecule has 2 amide bonds. The summed E-state index contributed by atoms with van der Waals surface area (Å²) in [6.45, 7) is 12.9. The maximum atomic E-state index is 13.3. The molecule has 0 saturated heterocycles. The summed E-state index contributed by atoms with van der Waals surface area (Å²) < 4.78 is 5.80. The highest BCUT2D eigenvalue weighted by molar-refractivity contribution is 6.35. The van der Waals surface area contributed by atoms with E-state index >= 15 is 0 Å². The molecule has 0 bridgehead atoms. The van der Waals surface area contributed by atoms with Crippen molar-refractivity contribution in [2.75, 3.05) is 13.2 Å². The first-order chi connectivity index (χ1) is 15.9. The van der Waals surface area contributed by atoms with Crippen LogP contribution in [0.25, 0.3) is 0 Å². The van der Waals surface area contributed by atoms with Crippen molar-refractivity contribution in [1.29, 1.82) is 0 Å². The Hall–Kier alpha value is -2.24. The first kappa shape index (κ1) is 28.0. The van der Waals surface area contributed by atoms with E-state index in [2.05, 4.69) is 26.1 Å². The lowest BCUT2D eigenvalue weighted by atomic mass is 9.87. The highest BCUT2D eigenvalue weighted by Gasteiger charge is 2.29. The molecule has 2 aromatic rings. The van der Waals surface area contributed by atoms with Crippen LogP contribution in [0.15, 0.2) is 42.5 Å². The number of rotatable bonds is 10. The molecule has 0 fully saturated rings. The molecule has 0 aliphatic carbocycles. The van der Waals surface area contributed by atoms with Crippen molar-refractivity contribution < 1.29 is 14.3 Å². The van der Waals surface area contributed by atoms with Crippen LogP contribution in [0.2, 0.25) is 10.0 Å². The number of halogens is 2. The van der Waals surface area contributed by atoms with E-state index in [4.69, 9.17) is 27.9 Å². The van der Waals surface area contributed by atoms with E-state index in [9.17, 15) is 9.59 Å². The fourth-order valence-electron chi connectivity index (χ4n) is 3.45. The van der Waals surface area contributed by atoms with E-state index in [-0.39, 0.29) is 30.4 Å². The summed E-state index contributed by atoms with van der Waals surface area (Å²) in [5, 5.41) is 3.90. The van der Waals surface area contributed by atoms with Gasteiger partial charge in [-0.05, 0) is 53.1 Å². The number of hydrogen-bond donors (Lipinski definition) is 1. The third kappa shape index (κ3) is 8.21. The highest BCUT2D eigenvalue weighted by Crippen LogP contribution is 2.25. The lowest BCUT2D eigenvalue weighted by molar-refractivity contribution is -0.143. The Balaban J connectivity index is 2.22. The molecule has 2 aromatic carbocycles. The minimum Gasteiger partial charge on any atom is -0.484 e. The van der Waals surface area contributed by atoms with Crippen LogP contribution >= 0.6 is 23.2 Å². The van der Waals surface area contributed by atoms with Gasteiger partial charge >= 0.3 is 0 Å². The number of carbonyl (C=O) groups excluding carboxylic acids is 2. The molecule has 0 heterocycles. The predicted octanol–water partition coefficient (Wildman–Crippen LogP) is 6.25. The monoisotopic (exact) mass is 506 g/mol. The molecule has 1 unspecified atom stereocenters. The second-order valence-electron chi connectivity index (χ2n) is 9.88. The first-order valence-electron chi connectivity index (χ1n) is 11.7. The Kier molecular flexibility index (Phi) is 10.3. The number of carbonyl (C=O) groups is 2. The van der Waals surface area contributed by atoms with Gasteiger partial charge in [-0.3, -0.25) is 9.59 Å². The van der Waals surface area contributed by atoms with Gasteiger partial charge in [0, 0.05) is 23.1 Å². The minimum atomic E-state index is -0.648. The number of hydrogen-bond acceptors (Lipinski definition) is 3. The Labute approximate surface area is 213 Å². The molecule has 0 saturated carbocycles. The summed E-state index contributed by atoms with van der Waals surface area (Å²) in [4.78, 5) is 27.8. The van der Waals surface area contributed by atoms with Gasteiger partial charge in [0.05, 0.1) is 0 Å². The fourth-order valence-corrected chi connectivity index (χ4v) is 3.92. The smallest absolute Gasteiger partial charge is 0.261 e. The van der Waals surface area contributed by atoms with Crippen LogP contribution in [0.4, 0.5) is 0 Å². The maximum absolute atomic E-state index is 13.3. The first-order valence-corrected chi connectivity index (χ1v) is 12.4. The number of nitrogens with one attached hydrogen (secondary N) is 1. The molecule has 186 valence electrons. The molecule has 0 radical (unpaired) electrons. The van der Waals surface area contributed by atoms with Crippen LogP contribution in [-0.4, -0.2) is 35.9 Å². The van der Waals surface area contributed by atoms with Crippen molar-refractivity contribution in [2.45, 2.75) is 66.0 Å². The van der Waals surface area contributed by atoms with Crippen LogP contribution in [0.3, 0.4) is 0 Å². The van der Waals surface area contributed by atoms with E-state index in [0.717, 1.165) is 0 Å². The standard InChI is InChI=1S/C27H36Cl2N2O3/c1-7-24(26(33)30-15-18(2)3)31(16-19-8-11-21(28)14-23(19)29)25(32)17-34-22-12-9-20(10-13-22)27(4,5)6/h8-14,18,24H,7,15-17H2,1-6H3,(H,30,33). The topological polar surface area (TPSA) is 58.6 Å². The molecule has 0 aliphatic rings. The summed E-state index contributed by atoms with van der Waals surface area (Å²) in [5.41, 5.74) is 1.92. The second kappa shape index (κ2) is 12.5. The van der Waals surface area contributed by atoms with E-state index in [0.29, 0.717) is 40.2 Å². The normalized spacial score (nSPS) is 12.4. The Bertz CT molecular complexity index is 969. The van der Waals surface area contributed by atoms with Gasteiger partial charge in [0.2, 0.25) is 5.91 Å². The minimum absolute atomic E-state index is 0.0285. The largest absolute Gasteiger partial charge is 0.484 e. The highest BCUT2D eigenvalue weighted by atomic mass is 35.5. The maximum Gasteiger partial charge on any atom is 0.261 e. The van der Waals surface area contributed by atoms with Crippen LogP contribution in [0.5, 0.6) is 5.75 Å². The lowest BCUT2D eigenvalue weighted by Gasteiger charge is -2.31. The number of nitrogens with zero attached hydrogens (tertiary/aromatic N) is 1. The SMILES string of the molecule is CCC(C(=O)NCC(C)C)N(Cc1ccc(Cl)cc1Cl)C(=O)COc1ccc(C(C)(C)C)cc1. The average Bonchev–Trinajstić information content (AvgIpc) is 2.77. The van der Waals surface area contributed by atoms with Crippen molar-refractivity contribution >= 4 is 35.0 Å². The Morgan fingerprint density at radius 3 is 2.24 bits per heavy atom. The van der Waals surface area contributed by atoms with E-state index in [1.165, 1.54) is 10.5 Å². The number of ether oxygens (including phenoxy) is 1. The van der Waals surface area contributed by atoms with E-state index < -0.39 is 6.04 Å². The summed E-state index contributed by atoms with van der Waals surface area (Å²) >= 11 is 12.4. The van der Waals surface area contributed by atoms with Gasteiger partial charge in [0.15, 0.2) is 6.61 Å². The van der Waals surface area contributed by atoms with Gasteiger partial charge in [-0.1, -0.05) is 82.9 Å². The molecule has 0 aliphatic heterocycles. The fraction of sp³-hybridized carbons (Fsp3) is 0.481. The molecule has 2 rings (SSSR count). The van der Waals surface area contributed by atoms with Gasteiger partial charge in [-0.15, -0.1) is 0 Å². The Morgan fingerprint density at radius 1 is 1.06 bits per heavy atom. The number of amides is 2. The van der Waals surface area contributed by atoms with Crippen LogP contribution in [0.1, 0.15) is 59.1 Å². The van der Waals surface area contributed by atoms with Crippen molar-refractivity contribution in [3.05, 3.63) is 63.6 Å². The third-order valence-electron chi connectivity index (χ3n) is 5.51. The summed E-state index contributed by atoms with van der Waals surface area (Å²) in [5.74, 6) is 0.417. The molecule has 34 heavy (non-hydrogen) atoms. The Morgan fingerprint density at radius 2 is 1.71 bits per heavy atom. The molecule has 1 atom stereocenters. The molecule has 0 aromatic heterocycles. The molecular formula is C27H36Cl2N2O3. The van der Waals surface area contributed by atoms with E-state index in [1.807, 2.05) is 45.0 Å². The summed E-state index contributed by atoms with van der Waals surface area (Å²) in [6.07, 6.45) is 0.459. The zero-order valence-electron chi connectivity index (χ0n) is 21.0. The second-order valence-corrected chi connectivity index (χ2v) is 10.7. The molecule has 0 spiro atoms. The van der Waals surface area contributed by atoms with Gasteiger partial charge < -0.3 is 15.0 Å². The average molecular weight is 508 g/mol. The van der Waals surface area contributed by atoms with Gasteiger partial charge in [-0.25, -0.2) is 0 Å². The molecule has 1 N–H and O–H groups in total. The van der Waals surface area contributed by atoms with Crippen LogP contribution in [-0.2, 0) is 21.5 Å². The van der Waals surface area contributed by atoms with Gasteiger partial charge in [0.25, 0.3) is 5.91 Å². The van der Waals surface area contributed by atoms with Crippen LogP contribution in [0, 0.1) is 5.92 Å². The van der Waals surface area contributed by atoms with Crippen molar-refractivity contribution in [1.82, 2.24) is 10.2 Å². The zero-order chi connectivity index (χ0) is 25.5. The predicted molar refractivity (Wildman–Crippen MR) is 140 cm³/mol. The lowest BCUT2D eigenvalue weighted by Crippen LogP contribution is -2.50. The third-order valence-corrected chi connectivity index (χ3v) is 6.10. The zero-order valence-corrected chi connectivity index (χ0v) is 22.5. The van der Waals surface area contributed by atoms with Gasteiger partial charge in [-0.2, -0.15) is 0 Å². The van der Waals surface area contributed by atoms with E-state index in [1.54, 1.807) is 18.2 Å². The summed E-state index contributed by atoms with van der Waals surface area (Å²) in [7, 11) is 0. The number of benzene rings is 2. The summed E-state index contributed by atoms with van der Waals surface area (Å²) in [6, 6.07) is 12.2. The molecule has 7 heteroatoms. The van der Waals surface area contributed by atoms with Crippen molar-refractivity contribution in [2.24, 2.45) is 5.92 Å². The van der Waals surface area contributed by atoms with Gasteiger partial charge in [0.1, 0.15) is 11.8 Å².